The van der Waals surface area contributed by atoms with Crippen LogP contribution in [0.2, 0.25) is 0 Å². The molecule has 0 bridgehead atoms. The average molecular weight is 294 g/mol. The van der Waals surface area contributed by atoms with Crippen molar-refractivity contribution in [1.82, 2.24) is 15.3 Å². The first-order valence-electron chi connectivity index (χ1n) is 5.15. The van der Waals surface area contributed by atoms with E-state index in [9.17, 15) is 0 Å². The largest absolute Gasteiger partial charge is 0.475 e. The van der Waals surface area contributed by atoms with E-state index in [-0.39, 0.29) is 0 Å². The third kappa shape index (κ3) is 3.25. The lowest BCUT2D eigenvalue weighted by Gasteiger charge is -2.05. The molecular weight excluding hydrogens is 282 g/mol. The molecule has 1 aromatic heterocycles. The normalized spacial score (nSPS) is 10.2. The molecule has 0 aliphatic heterocycles. The van der Waals surface area contributed by atoms with Crippen molar-refractivity contribution < 1.29 is 4.74 Å². The fourth-order valence-corrected chi connectivity index (χ4v) is 1.72. The summed E-state index contributed by atoms with van der Waals surface area (Å²) >= 11 is 3.42. The van der Waals surface area contributed by atoms with Crippen molar-refractivity contribution >= 4 is 15.9 Å². The second-order valence-corrected chi connectivity index (χ2v) is 4.31. The Morgan fingerprint density at radius 1 is 1.29 bits per heavy atom. The van der Waals surface area contributed by atoms with E-state index in [0.717, 1.165) is 10.0 Å². The number of aromatic nitrogens is 2. The molecule has 1 heterocycles. The lowest BCUT2D eigenvalue weighted by molar-refractivity contribution is 0.294. The van der Waals surface area contributed by atoms with Gasteiger partial charge < -0.3 is 4.74 Å². The third-order valence-electron chi connectivity index (χ3n) is 2.09. The zero-order valence-corrected chi connectivity index (χ0v) is 10.9. The van der Waals surface area contributed by atoms with Gasteiger partial charge in [-0.05, 0) is 19.2 Å². The van der Waals surface area contributed by atoms with Gasteiger partial charge in [0.25, 0.3) is 0 Å². The Bertz CT molecular complexity index is 487. The van der Waals surface area contributed by atoms with Gasteiger partial charge >= 0.3 is 0 Å². The Kier molecular flexibility index (Phi) is 4.06. The fourth-order valence-electron chi connectivity index (χ4n) is 1.32. The van der Waals surface area contributed by atoms with E-state index in [1.807, 2.05) is 31.3 Å². The van der Waals surface area contributed by atoms with Crippen LogP contribution in [-0.2, 0) is 0 Å². The summed E-state index contributed by atoms with van der Waals surface area (Å²) in [4.78, 5) is 8.52. The first-order valence-corrected chi connectivity index (χ1v) is 5.94. The lowest BCUT2D eigenvalue weighted by atomic mass is 10.2. The molecule has 0 fully saturated rings. The van der Waals surface area contributed by atoms with Gasteiger partial charge in [0.2, 0.25) is 0 Å². The molecule has 0 radical (unpaired) electrons. The highest BCUT2D eigenvalue weighted by molar-refractivity contribution is 9.10. The van der Waals surface area contributed by atoms with Gasteiger partial charge in [0.1, 0.15) is 6.73 Å². The molecule has 0 amide bonds. The predicted molar refractivity (Wildman–Crippen MR) is 69.7 cm³/mol. The van der Waals surface area contributed by atoms with E-state index in [0.29, 0.717) is 18.3 Å². The number of benzene rings is 1. The smallest absolute Gasteiger partial charge is 0.159 e. The van der Waals surface area contributed by atoms with Gasteiger partial charge in [0, 0.05) is 10.0 Å². The molecule has 0 atom stereocenters. The van der Waals surface area contributed by atoms with Crippen molar-refractivity contribution in [3.8, 4) is 17.1 Å². The summed E-state index contributed by atoms with van der Waals surface area (Å²) in [6.07, 6.45) is 3.33. The van der Waals surface area contributed by atoms with Gasteiger partial charge in [0.15, 0.2) is 11.6 Å². The number of ether oxygens (including phenoxy) is 1. The number of rotatable bonds is 4. The number of hydrogen-bond donors (Lipinski definition) is 1. The van der Waals surface area contributed by atoms with E-state index in [2.05, 4.69) is 31.2 Å². The second-order valence-electron chi connectivity index (χ2n) is 3.39. The van der Waals surface area contributed by atoms with Crippen molar-refractivity contribution in [2.24, 2.45) is 0 Å². The quantitative estimate of drug-likeness (QED) is 0.880. The SMILES string of the molecule is CNCOc1cnc(-c2cccc(Br)c2)nc1. The Hall–Kier alpha value is -1.46. The van der Waals surface area contributed by atoms with Crippen LogP contribution < -0.4 is 10.1 Å². The Morgan fingerprint density at radius 3 is 2.71 bits per heavy atom. The summed E-state index contributed by atoms with van der Waals surface area (Å²) in [6.45, 7) is 0.444. The van der Waals surface area contributed by atoms with Crippen molar-refractivity contribution in [3.05, 3.63) is 41.1 Å². The molecule has 17 heavy (non-hydrogen) atoms. The monoisotopic (exact) mass is 293 g/mol. The highest BCUT2D eigenvalue weighted by Gasteiger charge is 2.02. The van der Waals surface area contributed by atoms with Crippen LogP contribution in [0.3, 0.4) is 0 Å². The molecular formula is C12H12BrN3O. The molecule has 1 N–H and O–H groups in total. The molecule has 2 rings (SSSR count). The Morgan fingerprint density at radius 2 is 2.06 bits per heavy atom. The van der Waals surface area contributed by atoms with Gasteiger partial charge in [-0.3, -0.25) is 5.32 Å². The van der Waals surface area contributed by atoms with Crippen LogP contribution in [0.25, 0.3) is 11.4 Å². The van der Waals surface area contributed by atoms with Gasteiger partial charge in [-0.15, -0.1) is 0 Å². The zero-order chi connectivity index (χ0) is 12.1. The topological polar surface area (TPSA) is 47.0 Å². The van der Waals surface area contributed by atoms with Crippen LogP contribution in [0, 0.1) is 0 Å². The maximum absolute atomic E-state index is 5.32. The summed E-state index contributed by atoms with van der Waals surface area (Å²) < 4.78 is 6.33. The van der Waals surface area contributed by atoms with E-state index in [1.54, 1.807) is 12.4 Å². The average Bonchev–Trinajstić information content (AvgIpc) is 2.37. The molecule has 2 aromatic rings. The van der Waals surface area contributed by atoms with Crippen LogP contribution in [-0.4, -0.2) is 23.7 Å². The van der Waals surface area contributed by atoms with Crippen LogP contribution in [0.4, 0.5) is 0 Å². The molecule has 1 aromatic carbocycles. The first-order chi connectivity index (χ1) is 8.29. The van der Waals surface area contributed by atoms with E-state index in [4.69, 9.17) is 4.74 Å². The summed E-state index contributed by atoms with van der Waals surface area (Å²) in [5.74, 6) is 1.33. The minimum Gasteiger partial charge on any atom is -0.475 e. The molecule has 0 saturated heterocycles. The van der Waals surface area contributed by atoms with E-state index >= 15 is 0 Å². The highest BCUT2D eigenvalue weighted by atomic mass is 79.9. The summed E-state index contributed by atoms with van der Waals surface area (Å²) in [7, 11) is 1.82. The predicted octanol–water partition coefficient (Wildman–Crippen LogP) is 2.46. The van der Waals surface area contributed by atoms with Crippen LogP contribution >= 0.6 is 15.9 Å². The maximum Gasteiger partial charge on any atom is 0.159 e. The van der Waals surface area contributed by atoms with Crippen molar-refractivity contribution in [2.45, 2.75) is 0 Å². The van der Waals surface area contributed by atoms with Gasteiger partial charge in [0.05, 0.1) is 12.4 Å². The highest BCUT2D eigenvalue weighted by Crippen LogP contribution is 2.20. The molecule has 0 saturated carbocycles. The number of halogens is 1. The Labute approximate surface area is 108 Å². The van der Waals surface area contributed by atoms with Crippen molar-refractivity contribution in [2.75, 3.05) is 13.8 Å². The molecule has 0 aliphatic carbocycles. The van der Waals surface area contributed by atoms with Crippen molar-refractivity contribution in [3.63, 3.8) is 0 Å². The third-order valence-corrected chi connectivity index (χ3v) is 2.59. The fraction of sp³-hybridized carbons (Fsp3) is 0.167. The molecule has 0 aliphatic rings. The Balaban J connectivity index is 2.17. The summed E-state index contributed by atoms with van der Waals surface area (Å²) in [5.41, 5.74) is 0.972. The lowest BCUT2D eigenvalue weighted by Crippen LogP contribution is -2.14. The molecule has 5 heteroatoms. The van der Waals surface area contributed by atoms with E-state index < -0.39 is 0 Å². The van der Waals surface area contributed by atoms with Gasteiger partial charge in [-0.2, -0.15) is 0 Å². The molecule has 0 spiro atoms. The van der Waals surface area contributed by atoms with E-state index in [1.165, 1.54) is 0 Å². The van der Waals surface area contributed by atoms with Crippen molar-refractivity contribution in [1.29, 1.82) is 0 Å². The van der Waals surface area contributed by atoms with Crippen LogP contribution in [0.15, 0.2) is 41.1 Å². The van der Waals surface area contributed by atoms with Crippen LogP contribution in [0.1, 0.15) is 0 Å². The second kappa shape index (κ2) is 5.75. The number of hydrogen-bond acceptors (Lipinski definition) is 4. The van der Waals surface area contributed by atoms with Gasteiger partial charge in [-0.25, -0.2) is 9.97 Å². The van der Waals surface area contributed by atoms with Crippen LogP contribution in [0.5, 0.6) is 5.75 Å². The first kappa shape index (κ1) is 12.0. The molecule has 4 nitrogen and oxygen atoms in total. The zero-order valence-electron chi connectivity index (χ0n) is 9.35. The summed E-state index contributed by atoms with van der Waals surface area (Å²) in [5, 5.41) is 2.89. The standard InChI is InChI=1S/C12H12BrN3O/c1-14-8-17-11-6-15-12(16-7-11)9-3-2-4-10(13)5-9/h2-7,14H,8H2,1H3. The maximum atomic E-state index is 5.32. The minimum atomic E-state index is 0.444. The minimum absolute atomic E-state index is 0.444. The number of nitrogens with one attached hydrogen (secondary N) is 1. The molecule has 0 unspecified atom stereocenters. The van der Waals surface area contributed by atoms with Gasteiger partial charge in [-0.1, -0.05) is 28.1 Å². The molecule has 88 valence electrons. The number of nitrogens with zero attached hydrogens (tertiary/aromatic N) is 2. The summed E-state index contributed by atoms with van der Waals surface area (Å²) in [6, 6.07) is 7.86.